The van der Waals surface area contributed by atoms with Crippen LogP contribution < -0.4 is 10.6 Å². The van der Waals surface area contributed by atoms with E-state index in [0.717, 1.165) is 6.42 Å². The standard InChI is InChI=1S/C18H30N4O4S/c1-12(23)20-11-27-18(5,6)14(21-16(25)26-17(2,3)4)15(24)22-9-7-8-13(22)10-19/h13-14H,7-9,11H2,1-6H3,(H,20,23)(H,21,25)/t13?,14-/m0/s1. The number of rotatable bonds is 6. The number of likely N-dealkylation sites (tertiary alicyclic amines) is 1. The summed E-state index contributed by atoms with van der Waals surface area (Å²) in [5, 5.41) is 14.7. The molecule has 0 bridgehead atoms. The largest absolute Gasteiger partial charge is 0.444 e. The van der Waals surface area contributed by atoms with Crippen LogP contribution in [0.15, 0.2) is 0 Å². The van der Waals surface area contributed by atoms with Gasteiger partial charge in [-0.1, -0.05) is 0 Å². The fourth-order valence-corrected chi connectivity index (χ4v) is 3.67. The fourth-order valence-electron chi connectivity index (χ4n) is 2.70. The number of amides is 3. The summed E-state index contributed by atoms with van der Waals surface area (Å²) >= 11 is 1.34. The van der Waals surface area contributed by atoms with Gasteiger partial charge in [0, 0.05) is 18.2 Å². The van der Waals surface area contributed by atoms with Crippen LogP contribution in [0.1, 0.15) is 54.4 Å². The van der Waals surface area contributed by atoms with Crippen molar-refractivity contribution in [3.63, 3.8) is 0 Å². The predicted molar refractivity (Wildman–Crippen MR) is 104 cm³/mol. The van der Waals surface area contributed by atoms with Gasteiger partial charge in [0.05, 0.1) is 11.9 Å². The maximum Gasteiger partial charge on any atom is 0.408 e. The zero-order valence-corrected chi connectivity index (χ0v) is 17.7. The first-order valence-electron chi connectivity index (χ1n) is 8.95. The Labute approximate surface area is 165 Å². The molecule has 1 heterocycles. The molecule has 27 heavy (non-hydrogen) atoms. The van der Waals surface area contributed by atoms with Gasteiger partial charge in [0.25, 0.3) is 0 Å². The third-order valence-corrected chi connectivity index (χ3v) is 5.32. The summed E-state index contributed by atoms with van der Waals surface area (Å²) < 4.78 is 4.57. The lowest BCUT2D eigenvalue weighted by atomic mass is 10.0. The maximum absolute atomic E-state index is 13.2. The van der Waals surface area contributed by atoms with Crippen LogP contribution in [0.4, 0.5) is 4.79 Å². The van der Waals surface area contributed by atoms with Crippen LogP contribution in [-0.2, 0) is 14.3 Å². The van der Waals surface area contributed by atoms with Crippen LogP contribution in [-0.4, -0.2) is 57.7 Å². The van der Waals surface area contributed by atoms with E-state index in [1.807, 2.05) is 13.8 Å². The first-order chi connectivity index (χ1) is 12.4. The molecule has 1 fully saturated rings. The van der Waals surface area contributed by atoms with Crippen molar-refractivity contribution >= 4 is 29.7 Å². The van der Waals surface area contributed by atoms with Gasteiger partial charge in [-0.2, -0.15) is 5.26 Å². The Morgan fingerprint density at radius 1 is 1.30 bits per heavy atom. The number of ether oxygens (including phenoxy) is 1. The Balaban J connectivity index is 3.00. The highest BCUT2D eigenvalue weighted by molar-refractivity contribution is 8.00. The van der Waals surface area contributed by atoms with Gasteiger partial charge in [-0.25, -0.2) is 4.79 Å². The molecule has 0 aromatic heterocycles. The minimum Gasteiger partial charge on any atom is -0.444 e. The second-order valence-electron chi connectivity index (χ2n) is 8.02. The van der Waals surface area contributed by atoms with Gasteiger partial charge in [-0.05, 0) is 47.5 Å². The average Bonchev–Trinajstić information content (AvgIpc) is 2.98. The molecule has 1 aliphatic rings. The van der Waals surface area contributed by atoms with E-state index in [0.29, 0.717) is 18.8 Å². The lowest BCUT2D eigenvalue weighted by Crippen LogP contribution is -2.59. The van der Waals surface area contributed by atoms with Crippen molar-refractivity contribution in [1.29, 1.82) is 5.26 Å². The van der Waals surface area contributed by atoms with E-state index in [1.165, 1.54) is 23.6 Å². The topological polar surface area (TPSA) is 112 Å². The monoisotopic (exact) mass is 398 g/mol. The van der Waals surface area contributed by atoms with Gasteiger partial charge in [0.2, 0.25) is 11.8 Å². The Morgan fingerprint density at radius 3 is 2.44 bits per heavy atom. The van der Waals surface area contributed by atoms with Gasteiger partial charge in [-0.15, -0.1) is 11.8 Å². The Kier molecular flexibility index (Phi) is 7.96. The molecule has 0 saturated carbocycles. The van der Waals surface area contributed by atoms with Crippen LogP contribution in [0, 0.1) is 11.3 Å². The number of nitrogens with zero attached hydrogens (tertiary/aromatic N) is 2. The molecule has 1 aliphatic heterocycles. The third-order valence-electron chi connectivity index (χ3n) is 4.05. The van der Waals surface area contributed by atoms with Crippen molar-refractivity contribution in [2.75, 3.05) is 12.4 Å². The lowest BCUT2D eigenvalue weighted by molar-refractivity contribution is -0.134. The Morgan fingerprint density at radius 2 is 1.93 bits per heavy atom. The van der Waals surface area contributed by atoms with E-state index in [9.17, 15) is 19.6 Å². The Hall–Kier alpha value is -1.95. The van der Waals surface area contributed by atoms with Gasteiger partial charge >= 0.3 is 6.09 Å². The highest BCUT2D eigenvalue weighted by atomic mass is 32.2. The highest BCUT2D eigenvalue weighted by Gasteiger charge is 2.43. The molecule has 1 rings (SSSR count). The molecular formula is C18H30N4O4S. The molecule has 2 atom stereocenters. The first kappa shape index (κ1) is 23.1. The smallest absolute Gasteiger partial charge is 0.408 e. The summed E-state index contributed by atoms with van der Waals surface area (Å²) in [6.07, 6.45) is 0.686. The molecule has 3 amide bonds. The quantitative estimate of drug-likeness (QED) is 0.662. The number of carbonyl (C=O) groups is 3. The van der Waals surface area contributed by atoms with Gasteiger partial charge < -0.3 is 20.3 Å². The SMILES string of the molecule is CC(=O)NCSC(C)(C)[C@@H](NC(=O)OC(C)(C)C)C(=O)N1CCCC1C#N. The second-order valence-corrected chi connectivity index (χ2v) is 9.65. The van der Waals surface area contributed by atoms with Gasteiger partial charge in [-0.3, -0.25) is 9.59 Å². The summed E-state index contributed by atoms with van der Waals surface area (Å²) in [6, 6.07) is 0.756. The molecule has 1 saturated heterocycles. The molecule has 2 N–H and O–H groups in total. The average molecular weight is 399 g/mol. The van der Waals surface area contributed by atoms with Crippen molar-refractivity contribution in [1.82, 2.24) is 15.5 Å². The van der Waals surface area contributed by atoms with Crippen molar-refractivity contribution in [3.05, 3.63) is 0 Å². The van der Waals surface area contributed by atoms with E-state index in [4.69, 9.17) is 4.74 Å². The summed E-state index contributed by atoms with van der Waals surface area (Å²) in [4.78, 5) is 38.1. The van der Waals surface area contributed by atoms with Crippen LogP contribution in [0.2, 0.25) is 0 Å². The molecule has 0 radical (unpaired) electrons. The molecule has 0 aromatic carbocycles. The molecule has 0 spiro atoms. The van der Waals surface area contributed by atoms with Crippen LogP contribution >= 0.6 is 11.8 Å². The predicted octanol–water partition coefficient (Wildman–Crippen LogP) is 2.00. The highest BCUT2D eigenvalue weighted by Crippen LogP contribution is 2.30. The van der Waals surface area contributed by atoms with Crippen LogP contribution in [0.5, 0.6) is 0 Å². The van der Waals surface area contributed by atoms with E-state index in [2.05, 4.69) is 16.7 Å². The van der Waals surface area contributed by atoms with Crippen molar-refractivity contribution < 1.29 is 19.1 Å². The number of alkyl carbamates (subject to hydrolysis) is 1. The van der Waals surface area contributed by atoms with Gasteiger partial charge in [0.1, 0.15) is 17.7 Å². The minimum absolute atomic E-state index is 0.176. The summed E-state index contributed by atoms with van der Waals surface area (Å²) in [5.41, 5.74) is -0.700. The van der Waals surface area contributed by atoms with Crippen LogP contribution in [0.3, 0.4) is 0 Å². The third kappa shape index (κ3) is 7.29. The number of nitrogens with one attached hydrogen (secondary N) is 2. The van der Waals surface area contributed by atoms with Crippen molar-refractivity contribution in [2.24, 2.45) is 0 Å². The van der Waals surface area contributed by atoms with Crippen molar-refractivity contribution in [2.45, 2.75) is 76.8 Å². The number of thioether (sulfide) groups is 1. The minimum atomic E-state index is -0.903. The van der Waals surface area contributed by atoms with E-state index in [-0.39, 0.29) is 11.8 Å². The molecule has 1 unspecified atom stereocenters. The molecular weight excluding hydrogens is 368 g/mol. The maximum atomic E-state index is 13.2. The zero-order chi connectivity index (χ0) is 20.8. The number of hydrogen-bond donors (Lipinski definition) is 2. The summed E-state index contributed by atoms with van der Waals surface area (Å²) in [6.45, 7) is 10.8. The normalized spacial score (nSPS) is 18.4. The Bertz CT molecular complexity index is 609. The molecule has 0 aromatic rings. The lowest BCUT2D eigenvalue weighted by Gasteiger charge is -2.36. The van der Waals surface area contributed by atoms with E-state index >= 15 is 0 Å². The van der Waals surface area contributed by atoms with Gasteiger partial charge in [0.15, 0.2) is 0 Å². The summed E-state index contributed by atoms with van der Waals surface area (Å²) in [5.74, 6) is -0.195. The van der Waals surface area contributed by atoms with E-state index < -0.39 is 28.5 Å². The number of hydrogen-bond acceptors (Lipinski definition) is 6. The molecule has 0 aliphatic carbocycles. The van der Waals surface area contributed by atoms with Crippen molar-refractivity contribution in [3.8, 4) is 6.07 Å². The zero-order valence-electron chi connectivity index (χ0n) is 16.9. The molecule has 9 heteroatoms. The molecule has 8 nitrogen and oxygen atoms in total. The number of nitriles is 1. The fraction of sp³-hybridized carbons (Fsp3) is 0.778. The van der Waals surface area contributed by atoms with E-state index in [1.54, 1.807) is 20.8 Å². The second kappa shape index (κ2) is 9.31. The van der Waals surface area contributed by atoms with Crippen LogP contribution in [0.25, 0.3) is 0 Å². The number of carbonyl (C=O) groups excluding carboxylic acids is 3. The summed E-state index contributed by atoms with van der Waals surface area (Å²) in [7, 11) is 0. The first-order valence-corrected chi connectivity index (χ1v) is 9.94. The molecule has 152 valence electrons.